The predicted molar refractivity (Wildman–Crippen MR) is 74.2 cm³/mol. The Kier molecular flexibility index (Phi) is 4.47. The van der Waals surface area contributed by atoms with E-state index in [2.05, 4.69) is 10.4 Å². The molecule has 0 aliphatic carbocycles. The van der Waals surface area contributed by atoms with Crippen LogP contribution in [0.15, 0.2) is 36.7 Å². The number of halogens is 2. The van der Waals surface area contributed by atoms with Gasteiger partial charge in [-0.3, -0.25) is 16.3 Å². The summed E-state index contributed by atoms with van der Waals surface area (Å²) in [5, 5.41) is 0.580. The van der Waals surface area contributed by atoms with Gasteiger partial charge in [0.05, 0.1) is 11.1 Å². The van der Waals surface area contributed by atoms with Crippen molar-refractivity contribution in [3.63, 3.8) is 0 Å². The van der Waals surface area contributed by atoms with Crippen molar-refractivity contribution in [2.24, 2.45) is 5.84 Å². The van der Waals surface area contributed by atoms with Crippen molar-refractivity contribution in [2.75, 3.05) is 0 Å². The maximum Gasteiger partial charge on any atom is 0.123 e. The second kappa shape index (κ2) is 6.10. The molecule has 5 heteroatoms. The van der Waals surface area contributed by atoms with Gasteiger partial charge in [0, 0.05) is 12.4 Å². The summed E-state index contributed by atoms with van der Waals surface area (Å²) in [5.74, 6) is 5.31. The molecule has 0 radical (unpaired) electrons. The molecular weight excluding hydrogens is 265 g/mol. The molecule has 19 heavy (non-hydrogen) atoms. The Labute approximate surface area is 116 Å². The lowest BCUT2D eigenvalue weighted by molar-refractivity contribution is 0.541. The lowest BCUT2D eigenvalue weighted by atomic mass is 9.96. The van der Waals surface area contributed by atoms with Crippen LogP contribution in [0.1, 0.15) is 22.7 Å². The van der Waals surface area contributed by atoms with Crippen molar-refractivity contribution in [2.45, 2.75) is 19.4 Å². The van der Waals surface area contributed by atoms with E-state index in [1.54, 1.807) is 18.5 Å². The lowest BCUT2D eigenvalue weighted by Crippen LogP contribution is -2.30. The van der Waals surface area contributed by atoms with Crippen LogP contribution >= 0.6 is 11.6 Å². The number of hydrazine groups is 1. The normalized spacial score (nSPS) is 12.4. The van der Waals surface area contributed by atoms with Gasteiger partial charge in [-0.25, -0.2) is 4.39 Å². The summed E-state index contributed by atoms with van der Waals surface area (Å²) < 4.78 is 13.4. The van der Waals surface area contributed by atoms with E-state index in [4.69, 9.17) is 17.4 Å². The van der Waals surface area contributed by atoms with Crippen molar-refractivity contribution in [3.05, 3.63) is 64.2 Å². The maximum atomic E-state index is 13.4. The molecule has 3 N–H and O–H groups in total. The van der Waals surface area contributed by atoms with Crippen LogP contribution in [0.5, 0.6) is 0 Å². The lowest BCUT2D eigenvalue weighted by Gasteiger charge is -2.19. The van der Waals surface area contributed by atoms with Crippen LogP contribution in [0, 0.1) is 12.7 Å². The Morgan fingerprint density at radius 3 is 2.89 bits per heavy atom. The Morgan fingerprint density at radius 1 is 1.42 bits per heavy atom. The van der Waals surface area contributed by atoms with Crippen molar-refractivity contribution < 1.29 is 4.39 Å². The number of aryl methyl sites for hydroxylation is 1. The third kappa shape index (κ3) is 3.29. The number of nitrogens with two attached hydrogens (primary N) is 1. The summed E-state index contributed by atoms with van der Waals surface area (Å²) >= 11 is 6.08. The Morgan fingerprint density at radius 2 is 2.21 bits per heavy atom. The quantitative estimate of drug-likeness (QED) is 0.668. The molecule has 0 amide bonds. The van der Waals surface area contributed by atoms with Gasteiger partial charge in [0.1, 0.15) is 5.82 Å². The zero-order chi connectivity index (χ0) is 13.8. The van der Waals surface area contributed by atoms with Crippen LogP contribution < -0.4 is 11.3 Å². The molecule has 1 aromatic heterocycles. The zero-order valence-electron chi connectivity index (χ0n) is 10.5. The van der Waals surface area contributed by atoms with Crippen molar-refractivity contribution >= 4 is 11.6 Å². The fraction of sp³-hybridized carbons (Fsp3) is 0.214. The van der Waals surface area contributed by atoms with Crippen LogP contribution in [-0.4, -0.2) is 4.98 Å². The Balaban J connectivity index is 2.30. The number of pyridine rings is 1. The predicted octanol–water partition coefficient (Wildman–Crippen LogP) is 2.93. The monoisotopic (exact) mass is 279 g/mol. The van der Waals surface area contributed by atoms with Gasteiger partial charge in [0.25, 0.3) is 0 Å². The molecule has 0 saturated heterocycles. The molecule has 0 saturated carbocycles. The van der Waals surface area contributed by atoms with Crippen LogP contribution in [0.3, 0.4) is 0 Å². The van der Waals surface area contributed by atoms with E-state index >= 15 is 0 Å². The van der Waals surface area contributed by atoms with Gasteiger partial charge in [0.2, 0.25) is 0 Å². The molecule has 0 aliphatic rings. The minimum atomic E-state index is -0.276. The molecule has 1 heterocycles. The fourth-order valence-electron chi connectivity index (χ4n) is 2.03. The molecule has 3 nitrogen and oxygen atoms in total. The minimum absolute atomic E-state index is 0.199. The third-order valence-corrected chi connectivity index (χ3v) is 3.44. The third-order valence-electron chi connectivity index (χ3n) is 3.10. The highest BCUT2D eigenvalue weighted by molar-refractivity contribution is 6.31. The summed E-state index contributed by atoms with van der Waals surface area (Å²) in [5.41, 5.74) is 5.45. The van der Waals surface area contributed by atoms with Gasteiger partial charge in [-0.05, 0) is 48.2 Å². The van der Waals surface area contributed by atoms with E-state index in [1.807, 2.05) is 13.0 Å². The molecule has 1 unspecified atom stereocenters. The van der Waals surface area contributed by atoms with Crippen molar-refractivity contribution in [3.8, 4) is 0 Å². The number of rotatable bonds is 4. The van der Waals surface area contributed by atoms with E-state index in [-0.39, 0.29) is 11.9 Å². The summed E-state index contributed by atoms with van der Waals surface area (Å²) in [6.45, 7) is 1.92. The largest absolute Gasteiger partial charge is 0.271 e. The number of aromatic nitrogens is 1. The highest BCUT2D eigenvalue weighted by atomic mass is 35.5. The average molecular weight is 280 g/mol. The first kappa shape index (κ1) is 13.9. The van der Waals surface area contributed by atoms with Crippen molar-refractivity contribution in [1.82, 2.24) is 10.4 Å². The molecule has 2 rings (SSSR count). The van der Waals surface area contributed by atoms with E-state index in [0.717, 1.165) is 16.7 Å². The van der Waals surface area contributed by atoms with Gasteiger partial charge in [-0.15, -0.1) is 0 Å². The highest BCUT2D eigenvalue weighted by Crippen LogP contribution is 2.25. The minimum Gasteiger partial charge on any atom is -0.271 e. The van der Waals surface area contributed by atoms with Gasteiger partial charge >= 0.3 is 0 Å². The smallest absolute Gasteiger partial charge is 0.123 e. The summed E-state index contributed by atoms with van der Waals surface area (Å²) in [6.07, 6.45) is 3.83. The molecule has 1 atom stereocenters. The number of hydrogen-bond donors (Lipinski definition) is 2. The second-order valence-corrected chi connectivity index (χ2v) is 4.80. The average Bonchev–Trinajstić information content (AvgIpc) is 2.41. The number of benzene rings is 1. The molecule has 2 aromatic rings. The van der Waals surface area contributed by atoms with E-state index in [0.29, 0.717) is 11.4 Å². The van der Waals surface area contributed by atoms with Gasteiger partial charge in [-0.1, -0.05) is 17.7 Å². The molecular formula is C14H15ClFN3. The van der Waals surface area contributed by atoms with E-state index in [9.17, 15) is 4.39 Å². The topological polar surface area (TPSA) is 50.9 Å². The number of nitrogens with one attached hydrogen (secondary N) is 1. The van der Waals surface area contributed by atoms with Crippen LogP contribution in [0.25, 0.3) is 0 Å². The molecule has 0 bridgehead atoms. The summed E-state index contributed by atoms with van der Waals surface area (Å²) in [6, 6.07) is 6.31. The highest BCUT2D eigenvalue weighted by Gasteiger charge is 2.15. The zero-order valence-corrected chi connectivity index (χ0v) is 11.3. The Bertz CT molecular complexity index is 574. The Hall–Kier alpha value is -1.49. The summed E-state index contributed by atoms with van der Waals surface area (Å²) in [7, 11) is 0. The molecule has 1 aromatic carbocycles. The molecule has 0 fully saturated rings. The number of nitrogens with zero attached hydrogens (tertiary/aromatic N) is 1. The number of hydrogen-bond acceptors (Lipinski definition) is 3. The maximum absolute atomic E-state index is 13.4. The van der Waals surface area contributed by atoms with Gasteiger partial charge in [0.15, 0.2) is 0 Å². The first-order chi connectivity index (χ1) is 9.11. The second-order valence-electron chi connectivity index (χ2n) is 4.39. The van der Waals surface area contributed by atoms with Gasteiger partial charge in [-0.2, -0.15) is 0 Å². The van der Waals surface area contributed by atoms with Crippen LogP contribution in [0.4, 0.5) is 4.39 Å². The molecule has 0 spiro atoms. The molecule has 100 valence electrons. The SMILES string of the molecule is Cc1ccc(F)cc1C(Cc1ccncc1Cl)NN. The van der Waals surface area contributed by atoms with Crippen molar-refractivity contribution in [1.29, 1.82) is 0 Å². The first-order valence-corrected chi connectivity index (χ1v) is 6.30. The van der Waals surface area contributed by atoms with Crippen LogP contribution in [0.2, 0.25) is 5.02 Å². The van der Waals surface area contributed by atoms with E-state index < -0.39 is 0 Å². The summed E-state index contributed by atoms with van der Waals surface area (Å²) in [4.78, 5) is 3.94. The first-order valence-electron chi connectivity index (χ1n) is 5.92. The standard InChI is InChI=1S/C14H15ClFN3/c1-9-2-3-11(16)7-12(9)14(19-17)6-10-4-5-18-8-13(10)15/h2-5,7-8,14,19H,6,17H2,1H3. The fourth-order valence-corrected chi connectivity index (χ4v) is 2.23. The van der Waals surface area contributed by atoms with Crippen LogP contribution in [-0.2, 0) is 6.42 Å². The van der Waals surface area contributed by atoms with Gasteiger partial charge < -0.3 is 0 Å². The van der Waals surface area contributed by atoms with E-state index in [1.165, 1.54) is 12.1 Å². The molecule has 0 aliphatic heterocycles.